The van der Waals surface area contributed by atoms with Crippen molar-refractivity contribution < 1.29 is 9.53 Å². The molecule has 1 aliphatic rings. The highest BCUT2D eigenvalue weighted by molar-refractivity contribution is 6.03. The largest absolute Gasteiger partial charge is 0.378 e. The van der Waals surface area contributed by atoms with Gasteiger partial charge >= 0.3 is 0 Å². The van der Waals surface area contributed by atoms with Crippen LogP contribution < -0.4 is 15.8 Å². The van der Waals surface area contributed by atoms with Crippen molar-refractivity contribution >= 4 is 17.4 Å². The van der Waals surface area contributed by atoms with E-state index in [1.165, 1.54) is 4.68 Å². The lowest BCUT2D eigenvalue weighted by atomic mass is 10.3. The van der Waals surface area contributed by atoms with E-state index in [-0.39, 0.29) is 16.9 Å². The maximum absolute atomic E-state index is 12.9. The first-order chi connectivity index (χ1) is 14.1. The molecule has 0 unspecified atom stereocenters. The van der Waals surface area contributed by atoms with E-state index in [0.29, 0.717) is 24.7 Å². The molecule has 0 radical (unpaired) electrons. The second kappa shape index (κ2) is 7.88. The highest BCUT2D eigenvalue weighted by atomic mass is 16.5. The maximum Gasteiger partial charge on any atom is 0.295 e. The summed E-state index contributed by atoms with van der Waals surface area (Å²) >= 11 is 0. The van der Waals surface area contributed by atoms with Gasteiger partial charge in [0.25, 0.3) is 11.5 Å². The minimum atomic E-state index is -0.475. The number of para-hydroxylation sites is 1. The molecule has 0 bridgehead atoms. The van der Waals surface area contributed by atoms with Crippen LogP contribution in [0.4, 0.5) is 11.5 Å². The number of aromatic nitrogens is 4. The Kier molecular flexibility index (Phi) is 5.13. The van der Waals surface area contributed by atoms with Gasteiger partial charge in [-0.25, -0.2) is 4.68 Å². The zero-order valence-corrected chi connectivity index (χ0v) is 16.3. The number of amides is 1. The van der Waals surface area contributed by atoms with E-state index in [1.54, 1.807) is 30.8 Å². The third kappa shape index (κ3) is 3.64. The average Bonchev–Trinajstić information content (AvgIpc) is 2.98. The smallest absolute Gasteiger partial charge is 0.295 e. The molecule has 3 heterocycles. The molecule has 4 rings (SSSR count). The fourth-order valence-corrected chi connectivity index (χ4v) is 3.30. The third-order valence-electron chi connectivity index (χ3n) is 5.01. The standard InChI is InChI=1S/C20H22N6O3/c1-14-18(20(28)26(24(14)2)15-6-4-3-5-7-15)21-19(27)16-8-9-17(23-22-16)25-10-12-29-13-11-25/h3-9H,10-13H2,1-2H3,(H,21,27). The zero-order valence-electron chi connectivity index (χ0n) is 16.3. The van der Waals surface area contributed by atoms with E-state index in [4.69, 9.17) is 4.74 Å². The first-order valence-corrected chi connectivity index (χ1v) is 9.38. The summed E-state index contributed by atoms with van der Waals surface area (Å²) in [6, 6.07) is 12.6. The van der Waals surface area contributed by atoms with Crippen molar-refractivity contribution in [2.45, 2.75) is 6.92 Å². The van der Waals surface area contributed by atoms with E-state index >= 15 is 0 Å². The van der Waals surface area contributed by atoms with E-state index in [9.17, 15) is 9.59 Å². The van der Waals surface area contributed by atoms with Crippen molar-refractivity contribution in [2.75, 3.05) is 36.5 Å². The van der Waals surface area contributed by atoms with Gasteiger partial charge in [0.15, 0.2) is 11.5 Å². The number of rotatable bonds is 4. The highest BCUT2D eigenvalue weighted by Crippen LogP contribution is 2.16. The molecule has 1 fully saturated rings. The molecule has 29 heavy (non-hydrogen) atoms. The maximum atomic E-state index is 12.9. The third-order valence-corrected chi connectivity index (χ3v) is 5.01. The number of anilines is 2. The van der Waals surface area contributed by atoms with Crippen LogP contribution in [0.5, 0.6) is 0 Å². The fraction of sp³-hybridized carbons (Fsp3) is 0.300. The van der Waals surface area contributed by atoms with E-state index in [2.05, 4.69) is 20.4 Å². The van der Waals surface area contributed by atoms with Gasteiger partial charge in [0.1, 0.15) is 5.69 Å². The number of nitrogens with one attached hydrogen (secondary N) is 1. The van der Waals surface area contributed by atoms with Crippen LogP contribution in [0.25, 0.3) is 5.69 Å². The first kappa shape index (κ1) is 18.9. The van der Waals surface area contributed by atoms with Gasteiger partial charge in [-0.05, 0) is 31.2 Å². The van der Waals surface area contributed by atoms with Gasteiger partial charge in [-0.15, -0.1) is 10.2 Å². The summed E-state index contributed by atoms with van der Waals surface area (Å²) in [5.41, 5.74) is 1.43. The second-order valence-corrected chi connectivity index (χ2v) is 6.77. The molecule has 1 saturated heterocycles. The molecule has 1 amide bonds. The van der Waals surface area contributed by atoms with Gasteiger partial charge in [-0.3, -0.25) is 14.3 Å². The number of benzene rings is 1. The first-order valence-electron chi connectivity index (χ1n) is 9.38. The molecule has 1 N–H and O–H groups in total. The molecule has 1 aliphatic heterocycles. The molecule has 0 aliphatic carbocycles. The zero-order chi connectivity index (χ0) is 20.4. The summed E-state index contributed by atoms with van der Waals surface area (Å²) in [7, 11) is 1.77. The summed E-state index contributed by atoms with van der Waals surface area (Å²) in [5, 5.41) is 10.9. The predicted octanol–water partition coefficient (Wildman–Crippen LogP) is 1.36. The monoisotopic (exact) mass is 394 g/mol. The number of carbonyl (C=O) groups is 1. The van der Waals surface area contributed by atoms with Crippen molar-refractivity contribution in [3.8, 4) is 5.69 Å². The summed E-state index contributed by atoms with van der Waals surface area (Å²) < 4.78 is 8.55. The molecule has 0 atom stereocenters. The average molecular weight is 394 g/mol. The van der Waals surface area contributed by atoms with Crippen LogP contribution >= 0.6 is 0 Å². The Morgan fingerprint density at radius 1 is 1.07 bits per heavy atom. The number of hydrogen-bond acceptors (Lipinski definition) is 6. The van der Waals surface area contributed by atoms with Gasteiger partial charge in [-0.1, -0.05) is 18.2 Å². The van der Waals surface area contributed by atoms with E-state index in [0.717, 1.165) is 18.8 Å². The van der Waals surface area contributed by atoms with Crippen LogP contribution in [-0.2, 0) is 11.8 Å². The van der Waals surface area contributed by atoms with Crippen LogP contribution in [0.15, 0.2) is 47.3 Å². The van der Waals surface area contributed by atoms with Crippen LogP contribution in [0.2, 0.25) is 0 Å². The minimum Gasteiger partial charge on any atom is -0.378 e. The lowest BCUT2D eigenvalue weighted by Crippen LogP contribution is -2.37. The normalized spacial score (nSPS) is 14.1. The molecular weight excluding hydrogens is 372 g/mol. The minimum absolute atomic E-state index is 0.149. The molecule has 1 aromatic carbocycles. The molecular formula is C20H22N6O3. The summed E-state index contributed by atoms with van der Waals surface area (Å²) in [5.74, 6) is 0.226. The van der Waals surface area contributed by atoms with Crippen molar-refractivity contribution in [1.82, 2.24) is 19.6 Å². The van der Waals surface area contributed by atoms with Gasteiger partial charge in [0, 0.05) is 20.1 Å². The van der Waals surface area contributed by atoms with Gasteiger partial charge < -0.3 is 15.0 Å². The number of ether oxygens (including phenoxy) is 1. The Morgan fingerprint density at radius 3 is 2.45 bits per heavy atom. The molecule has 3 aromatic rings. The number of nitrogens with zero attached hydrogens (tertiary/aromatic N) is 5. The topological polar surface area (TPSA) is 94.3 Å². The van der Waals surface area contributed by atoms with Gasteiger partial charge in [-0.2, -0.15) is 0 Å². The summed E-state index contributed by atoms with van der Waals surface area (Å²) in [4.78, 5) is 27.6. The lowest BCUT2D eigenvalue weighted by molar-refractivity contribution is 0.102. The highest BCUT2D eigenvalue weighted by Gasteiger charge is 2.20. The van der Waals surface area contributed by atoms with E-state index in [1.807, 2.05) is 30.3 Å². The van der Waals surface area contributed by atoms with Crippen LogP contribution in [0.1, 0.15) is 16.2 Å². The number of morpholine rings is 1. The van der Waals surface area contributed by atoms with Crippen LogP contribution in [-0.4, -0.2) is 51.8 Å². The molecule has 2 aromatic heterocycles. The van der Waals surface area contributed by atoms with Crippen molar-refractivity contribution in [2.24, 2.45) is 7.05 Å². The predicted molar refractivity (Wildman–Crippen MR) is 109 cm³/mol. The number of carbonyl (C=O) groups excluding carboxylic acids is 1. The van der Waals surface area contributed by atoms with Crippen molar-refractivity contribution in [1.29, 1.82) is 0 Å². The number of hydrogen-bond donors (Lipinski definition) is 1. The lowest BCUT2D eigenvalue weighted by Gasteiger charge is -2.27. The van der Waals surface area contributed by atoms with Gasteiger partial charge in [0.05, 0.1) is 24.6 Å². The molecule has 9 nitrogen and oxygen atoms in total. The Morgan fingerprint density at radius 2 is 1.79 bits per heavy atom. The van der Waals surface area contributed by atoms with Crippen molar-refractivity contribution in [3.05, 3.63) is 64.2 Å². The van der Waals surface area contributed by atoms with Gasteiger partial charge in [0.2, 0.25) is 0 Å². The molecule has 9 heteroatoms. The molecule has 0 spiro atoms. The Bertz CT molecular complexity index is 1070. The molecule has 150 valence electrons. The fourth-order valence-electron chi connectivity index (χ4n) is 3.30. The Hall–Kier alpha value is -3.46. The quantitative estimate of drug-likeness (QED) is 0.718. The van der Waals surface area contributed by atoms with Crippen molar-refractivity contribution in [3.63, 3.8) is 0 Å². The van der Waals surface area contributed by atoms with Crippen LogP contribution in [0.3, 0.4) is 0 Å². The Labute approximate surface area is 167 Å². The van der Waals surface area contributed by atoms with Crippen LogP contribution in [0, 0.1) is 6.92 Å². The second-order valence-electron chi connectivity index (χ2n) is 6.77. The Balaban J connectivity index is 1.56. The SMILES string of the molecule is Cc1c(NC(=O)c2ccc(N3CCOCC3)nn2)c(=O)n(-c2ccccc2)n1C. The summed E-state index contributed by atoms with van der Waals surface area (Å²) in [6.07, 6.45) is 0. The molecule has 0 saturated carbocycles. The summed E-state index contributed by atoms with van der Waals surface area (Å²) in [6.45, 7) is 4.55. The van der Waals surface area contributed by atoms with E-state index < -0.39 is 5.91 Å².